The molecule has 0 amide bonds. The van der Waals surface area contributed by atoms with Gasteiger partial charge in [0.05, 0.1) is 0 Å². The minimum absolute atomic E-state index is 0.865. The molecule has 10 aromatic carbocycles. The number of para-hydroxylation sites is 1. The Morgan fingerprint density at radius 1 is 0.259 bits per heavy atom. The number of furan rings is 2. The first-order valence-corrected chi connectivity index (χ1v) is 18.5. The van der Waals surface area contributed by atoms with Gasteiger partial charge in [-0.15, -0.1) is 0 Å². The first-order valence-electron chi connectivity index (χ1n) is 18.5. The van der Waals surface area contributed by atoms with Crippen LogP contribution in [0.3, 0.4) is 0 Å². The van der Waals surface area contributed by atoms with E-state index >= 15 is 0 Å². The molecule has 12 aromatic rings. The molecular formula is C52H30O2. The minimum Gasteiger partial charge on any atom is -0.456 e. The van der Waals surface area contributed by atoms with Crippen LogP contribution >= 0.6 is 0 Å². The van der Waals surface area contributed by atoms with E-state index in [4.69, 9.17) is 8.83 Å². The average Bonchev–Trinajstić information content (AvgIpc) is 3.80. The van der Waals surface area contributed by atoms with E-state index < -0.39 is 0 Å². The summed E-state index contributed by atoms with van der Waals surface area (Å²) in [7, 11) is 0. The molecule has 250 valence electrons. The van der Waals surface area contributed by atoms with Crippen molar-refractivity contribution < 1.29 is 8.83 Å². The molecule has 0 unspecified atom stereocenters. The summed E-state index contributed by atoms with van der Waals surface area (Å²) in [6.07, 6.45) is 0. The lowest BCUT2D eigenvalue weighted by atomic mass is 9.85. The van der Waals surface area contributed by atoms with Crippen LogP contribution in [0.2, 0.25) is 0 Å². The van der Waals surface area contributed by atoms with Crippen molar-refractivity contribution in [2.45, 2.75) is 0 Å². The van der Waals surface area contributed by atoms with Crippen molar-refractivity contribution in [3.05, 3.63) is 182 Å². The highest BCUT2D eigenvalue weighted by Gasteiger charge is 2.21. The van der Waals surface area contributed by atoms with E-state index in [1.165, 1.54) is 65.3 Å². The molecule has 0 bridgehead atoms. The zero-order chi connectivity index (χ0) is 35.3. The molecule has 0 radical (unpaired) electrons. The topological polar surface area (TPSA) is 26.3 Å². The zero-order valence-electron chi connectivity index (χ0n) is 29.1. The van der Waals surface area contributed by atoms with Gasteiger partial charge in [0.2, 0.25) is 0 Å². The van der Waals surface area contributed by atoms with Gasteiger partial charge in [-0.25, -0.2) is 0 Å². The van der Waals surface area contributed by atoms with E-state index in [0.29, 0.717) is 0 Å². The van der Waals surface area contributed by atoms with Crippen LogP contribution in [-0.4, -0.2) is 0 Å². The molecule has 0 saturated carbocycles. The number of rotatable bonds is 3. The Labute approximate surface area is 310 Å². The van der Waals surface area contributed by atoms with E-state index in [1.807, 2.05) is 24.3 Å². The van der Waals surface area contributed by atoms with Gasteiger partial charge in [-0.3, -0.25) is 0 Å². The standard InChI is InChI=1S/C52H30O2/c1-2-13-32-28-35(25-24-31(32)12-1)49-40-20-7-5-18-38(40)48(39-19-6-8-21-41(39)49)34-15-11-14-33(29-34)43-30-47-50(37-17-4-3-16-36(37)43)52-46(54-47)27-26-45-51(52)42-22-9-10-23-44(42)53-45/h1-30H. The lowest BCUT2D eigenvalue weighted by Gasteiger charge is -2.18. The lowest BCUT2D eigenvalue weighted by Crippen LogP contribution is -1.91. The van der Waals surface area contributed by atoms with Gasteiger partial charge in [-0.1, -0.05) is 146 Å². The number of hydrogen-bond donors (Lipinski definition) is 0. The summed E-state index contributed by atoms with van der Waals surface area (Å²) in [6.45, 7) is 0. The molecule has 2 nitrogen and oxygen atoms in total. The third-order valence-electron chi connectivity index (χ3n) is 11.4. The SMILES string of the molecule is c1cc(-c2c3ccccc3c(-c3ccc4ccccc4c3)c3ccccc23)cc(-c2cc3oc4ccc5oc6ccccc6c5c4c3c3ccccc23)c1. The van der Waals surface area contributed by atoms with E-state index in [2.05, 4.69) is 158 Å². The highest BCUT2D eigenvalue weighted by molar-refractivity contribution is 6.32. The Morgan fingerprint density at radius 3 is 1.50 bits per heavy atom. The molecule has 2 heterocycles. The second-order valence-corrected chi connectivity index (χ2v) is 14.3. The molecular weight excluding hydrogens is 657 g/mol. The highest BCUT2D eigenvalue weighted by Crippen LogP contribution is 2.47. The molecule has 0 aliphatic carbocycles. The average molecular weight is 687 g/mol. The van der Waals surface area contributed by atoms with Gasteiger partial charge in [-0.05, 0) is 113 Å². The normalized spacial score (nSPS) is 12.1. The Bertz CT molecular complexity index is 3450. The van der Waals surface area contributed by atoms with Crippen LogP contribution in [0.1, 0.15) is 0 Å². The quantitative estimate of drug-likeness (QED) is 0.173. The molecule has 0 aliphatic rings. The molecule has 0 fully saturated rings. The number of hydrogen-bond acceptors (Lipinski definition) is 2. The largest absolute Gasteiger partial charge is 0.456 e. The monoisotopic (exact) mass is 686 g/mol. The minimum atomic E-state index is 0.865. The fourth-order valence-corrected chi connectivity index (χ4v) is 9.11. The fourth-order valence-electron chi connectivity index (χ4n) is 9.11. The predicted molar refractivity (Wildman–Crippen MR) is 227 cm³/mol. The summed E-state index contributed by atoms with van der Waals surface area (Å²) in [5.41, 5.74) is 10.7. The highest BCUT2D eigenvalue weighted by atomic mass is 16.3. The number of benzene rings is 10. The smallest absolute Gasteiger partial charge is 0.136 e. The van der Waals surface area contributed by atoms with Gasteiger partial charge in [0.25, 0.3) is 0 Å². The van der Waals surface area contributed by atoms with Crippen LogP contribution in [0, 0.1) is 0 Å². The van der Waals surface area contributed by atoms with Crippen LogP contribution < -0.4 is 0 Å². The van der Waals surface area contributed by atoms with Crippen molar-refractivity contribution in [1.82, 2.24) is 0 Å². The molecule has 0 aliphatic heterocycles. The summed E-state index contributed by atoms with van der Waals surface area (Å²) in [5.74, 6) is 0. The van der Waals surface area contributed by atoms with E-state index in [0.717, 1.165) is 55.0 Å². The third kappa shape index (κ3) is 4.17. The van der Waals surface area contributed by atoms with E-state index in [9.17, 15) is 0 Å². The summed E-state index contributed by atoms with van der Waals surface area (Å²) < 4.78 is 13.0. The van der Waals surface area contributed by atoms with Crippen molar-refractivity contribution in [2.75, 3.05) is 0 Å². The Balaban J connectivity index is 1.11. The maximum atomic E-state index is 6.72. The molecule has 12 rings (SSSR count). The predicted octanol–water partition coefficient (Wildman–Crippen LogP) is 15.1. The van der Waals surface area contributed by atoms with Gasteiger partial charge in [-0.2, -0.15) is 0 Å². The van der Waals surface area contributed by atoms with Crippen LogP contribution in [0.4, 0.5) is 0 Å². The van der Waals surface area contributed by atoms with Crippen molar-refractivity contribution in [3.8, 4) is 33.4 Å². The zero-order valence-corrected chi connectivity index (χ0v) is 29.1. The van der Waals surface area contributed by atoms with Crippen LogP contribution in [0.15, 0.2) is 191 Å². The van der Waals surface area contributed by atoms with Crippen LogP contribution in [0.5, 0.6) is 0 Å². The Morgan fingerprint density at radius 2 is 0.778 bits per heavy atom. The van der Waals surface area contributed by atoms with Gasteiger partial charge in [0.15, 0.2) is 0 Å². The second-order valence-electron chi connectivity index (χ2n) is 14.3. The van der Waals surface area contributed by atoms with Crippen LogP contribution in [0.25, 0.3) is 120 Å². The molecule has 2 aromatic heterocycles. The van der Waals surface area contributed by atoms with Gasteiger partial charge < -0.3 is 8.83 Å². The summed E-state index contributed by atoms with van der Waals surface area (Å²) >= 11 is 0. The first kappa shape index (κ1) is 29.4. The van der Waals surface area contributed by atoms with Crippen molar-refractivity contribution in [3.63, 3.8) is 0 Å². The molecule has 0 N–H and O–H groups in total. The van der Waals surface area contributed by atoms with Crippen molar-refractivity contribution in [1.29, 1.82) is 0 Å². The van der Waals surface area contributed by atoms with Gasteiger partial charge in [0.1, 0.15) is 22.3 Å². The van der Waals surface area contributed by atoms with E-state index in [1.54, 1.807) is 0 Å². The second kappa shape index (κ2) is 11.2. The summed E-state index contributed by atoms with van der Waals surface area (Å²) in [4.78, 5) is 0. The Hall–Kier alpha value is -7.16. The maximum absolute atomic E-state index is 6.72. The molecule has 0 spiro atoms. The van der Waals surface area contributed by atoms with Gasteiger partial charge in [0, 0.05) is 21.5 Å². The van der Waals surface area contributed by atoms with Gasteiger partial charge >= 0.3 is 0 Å². The Kier molecular flexibility index (Phi) is 6.09. The molecule has 54 heavy (non-hydrogen) atoms. The third-order valence-corrected chi connectivity index (χ3v) is 11.4. The maximum Gasteiger partial charge on any atom is 0.136 e. The molecule has 2 heteroatoms. The molecule has 0 saturated heterocycles. The van der Waals surface area contributed by atoms with Crippen molar-refractivity contribution >= 4 is 87.0 Å². The van der Waals surface area contributed by atoms with Crippen molar-refractivity contribution in [2.24, 2.45) is 0 Å². The first-order chi connectivity index (χ1) is 26.8. The number of fused-ring (bicyclic) bond motifs is 12. The summed E-state index contributed by atoms with van der Waals surface area (Å²) in [6, 6.07) is 65.6. The molecule has 0 atom stereocenters. The summed E-state index contributed by atoms with van der Waals surface area (Å²) in [5, 5.41) is 14.3. The lowest BCUT2D eigenvalue weighted by molar-refractivity contribution is 0.663. The fraction of sp³-hybridized carbons (Fsp3) is 0. The van der Waals surface area contributed by atoms with Crippen LogP contribution in [-0.2, 0) is 0 Å². The van der Waals surface area contributed by atoms with E-state index in [-0.39, 0.29) is 0 Å².